The molecule has 3 nitrogen and oxygen atoms in total. The minimum atomic E-state index is -2.98. The molecule has 0 saturated heterocycles. The Kier molecular flexibility index (Phi) is 7.79. The summed E-state index contributed by atoms with van der Waals surface area (Å²) in [5.74, 6) is 1.56. The fourth-order valence-corrected chi connectivity index (χ4v) is 5.42. The quantitative estimate of drug-likeness (QED) is 0.548. The molecule has 4 heteroatoms. The van der Waals surface area contributed by atoms with Crippen LogP contribution in [0.15, 0.2) is 24.3 Å². The van der Waals surface area contributed by atoms with E-state index in [2.05, 4.69) is 43.3 Å². The molecule has 1 aromatic rings. The Labute approximate surface area is 167 Å². The second kappa shape index (κ2) is 9.45. The first-order valence-corrected chi connectivity index (χ1v) is 12.2. The number of benzene rings is 1. The van der Waals surface area contributed by atoms with Gasteiger partial charge in [0.15, 0.2) is 9.84 Å². The first-order chi connectivity index (χ1) is 12.6. The molecule has 0 aromatic heterocycles. The molecule has 2 rings (SSSR count). The van der Waals surface area contributed by atoms with Crippen molar-refractivity contribution in [3.05, 3.63) is 29.8 Å². The summed E-state index contributed by atoms with van der Waals surface area (Å²) in [5.41, 5.74) is 2.68. The smallest absolute Gasteiger partial charge is 0.155 e. The van der Waals surface area contributed by atoms with Crippen LogP contribution < -0.4 is 4.90 Å². The van der Waals surface area contributed by atoms with Crippen molar-refractivity contribution in [1.82, 2.24) is 0 Å². The van der Waals surface area contributed by atoms with E-state index in [9.17, 15) is 8.42 Å². The molecule has 1 aliphatic carbocycles. The maximum atomic E-state index is 12.4. The Morgan fingerprint density at radius 2 is 1.48 bits per heavy atom. The van der Waals surface area contributed by atoms with Crippen molar-refractivity contribution in [1.29, 1.82) is 0 Å². The third kappa shape index (κ3) is 6.81. The first kappa shape index (κ1) is 22.3. The first-order valence-electron chi connectivity index (χ1n) is 10.6. The molecule has 0 aliphatic heterocycles. The monoisotopic (exact) mass is 393 g/mol. The van der Waals surface area contributed by atoms with E-state index in [1.807, 2.05) is 20.8 Å². The number of rotatable bonds is 8. The van der Waals surface area contributed by atoms with Gasteiger partial charge in [-0.1, -0.05) is 37.8 Å². The van der Waals surface area contributed by atoms with E-state index in [4.69, 9.17) is 0 Å². The van der Waals surface area contributed by atoms with Crippen LogP contribution in [0.1, 0.15) is 71.3 Å². The topological polar surface area (TPSA) is 37.4 Å². The van der Waals surface area contributed by atoms with Crippen LogP contribution in [0.5, 0.6) is 0 Å². The van der Waals surface area contributed by atoms with Crippen molar-refractivity contribution in [2.75, 3.05) is 24.7 Å². The summed E-state index contributed by atoms with van der Waals surface area (Å²) in [5, 5.41) is 0. The molecule has 0 N–H and O–H groups in total. The Hall–Kier alpha value is -1.03. The highest BCUT2D eigenvalue weighted by Gasteiger charge is 2.33. The lowest BCUT2D eigenvalue weighted by Crippen LogP contribution is -2.34. The third-order valence-electron chi connectivity index (χ3n) is 6.14. The summed E-state index contributed by atoms with van der Waals surface area (Å²) in [6, 6.07) is 8.89. The van der Waals surface area contributed by atoms with Gasteiger partial charge in [0.1, 0.15) is 0 Å². The fourth-order valence-electron chi connectivity index (χ4n) is 3.97. The van der Waals surface area contributed by atoms with Gasteiger partial charge in [-0.25, -0.2) is 8.42 Å². The van der Waals surface area contributed by atoms with Crippen LogP contribution >= 0.6 is 0 Å². The minimum Gasteiger partial charge on any atom is -0.378 e. The van der Waals surface area contributed by atoms with Gasteiger partial charge in [0, 0.05) is 19.8 Å². The molecular weight excluding hydrogens is 354 g/mol. The molecule has 0 bridgehead atoms. The van der Waals surface area contributed by atoms with E-state index in [-0.39, 0.29) is 0 Å². The summed E-state index contributed by atoms with van der Waals surface area (Å²) in [4.78, 5) is 2.13. The maximum Gasteiger partial charge on any atom is 0.155 e. The van der Waals surface area contributed by atoms with Gasteiger partial charge in [0.05, 0.1) is 10.5 Å². The van der Waals surface area contributed by atoms with Gasteiger partial charge in [-0.3, -0.25) is 0 Å². The number of nitrogens with zero attached hydrogens (tertiary/aromatic N) is 1. The van der Waals surface area contributed by atoms with Crippen LogP contribution in [0.2, 0.25) is 0 Å². The van der Waals surface area contributed by atoms with Crippen LogP contribution in [0.4, 0.5) is 5.69 Å². The summed E-state index contributed by atoms with van der Waals surface area (Å²) in [7, 11) is 1.17. The molecule has 27 heavy (non-hydrogen) atoms. The van der Waals surface area contributed by atoms with E-state index in [1.54, 1.807) is 0 Å². The van der Waals surface area contributed by atoms with Crippen molar-refractivity contribution >= 4 is 15.5 Å². The highest BCUT2D eigenvalue weighted by Crippen LogP contribution is 2.34. The maximum absolute atomic E-state index is 12.4. The van der Waals surface area contributed by atoms with Crippen molar-refractivity contribution in [2.24, 2.45) is 11.8 Å². The molecule has 0 atom stereocenters. The van der Waals surface area contributed by atoms with Crippen molar-refractivity contribution in [2.45, 2.75) is 76.9 Å². The van der Waals surface area contributed by atoms with Crippen LogP contribution in [-0.2, 0) is 16.3 Å². The standard InChI is InChI=1S/C23H39NO2S/c1-23(2,3)27(25,26)18-21-12-10-19(11-13-21)8-6-7-9-20-14-16-22(17-15-20)24(4)5/h14-17,19,21H,6-13,18H2,1-5H3. The zero-order chi connectivity index (χ0) is 20.1. The van der Waals surface area contributed by atoms with Crippen LogP contribution in [0.25, 0.3) is 0 Å². The van der Waals surface area contributed by atoms with Crippen molar-refractivity contribution < 1.29 is 8.42 Å². The fraction of sp³-hybridized carbons (Fsp3) is 0.739. The van der Waals surface area contributed by atoms with E-state index in [0.717, 1.165) is 25.2 Å². The molecule has 0 radical (unpaired) electrons. The summed E-state index contributed by atoms with van der Waals surface area (Å²) in [6.07, 6.45) is 9.59. The van der Waals surface area contributed by atoms with E-state index in [1.165, 1.54) is 43.4 Å². The molecule has 0 unspecified atom stereocenters. The Morgan fingerprint density at radius 1 is 0.926 bits per heavy atom. The van der Waals surface area contributed by atoms with Gasteiger partial charge < -0.3 is 4.90 Å². The molecule has 0 heterocycles. The van der Waals surface area contributed by atoms with Crippen LogP contribution in [0, 0.1) is 11.8 Å². The molecule has 154 valence electrons. The van der Waals surface area contributed by atoms with Gasteiger partial charge in [-0.2, -0.15) is 0 Å². The molecule has 0 amide bonds. The molecule has 1 aromatic carbocycles. The second-order valence-corrected chi connectivity index (χ2v) is 12.4. The molecule has 1 fully saturated rings. The average Bonchev–Trinajstić information content (AvgIpc) is 2.59. The van der Waals surface area contributed by atoms with Gasteiger partial charge >= 0.3 is 0 Å². The van der Waals surface area contributed by atoms with Gasteiger partial charge in [-0.15, -0.1) is 0 Å². The van der Waals surface area contributed by atoms with E-state index >= 15 is 0 Å². The largest absolute Gasteiger partial charge is 0.378 e. The molecule has 0 spiro atoms. The predicted octanol–water partition coefficient (Wildman–Crippen LogP) is 5.49. The molecular formula is C23H39NO2S. The van der Waals surface area contributed by atoms with Crippen molar-refractivity contribution in [3.8, 4) is 0 Å². The number of anilines is 1. The number of aryl methyl sites for hydroxylation is 1. The lowest BCUT2D eigenvalue weighted by Gasteiger charge is -2.30. The zero-order valence-corrected chi connectivity index (χ0v) is 18.8. The Balaban J connectivity index is 1.65. The number of sulfone groups is 1. The zero-order valence-electron chi connectivity index (χ0n) is 18.0. The summed E-state index contributed by atoms with van der Waals surface area (Å²) < 4.78 is 24.2. The molecule has 1 saturated carbocycles. The van der Waals surface area contributed by atoms with Crippen LogP contribution in [0.3, 0.4) is 0 Å². The van der Waals surface area contributed by atoms with Gasteiger partial charge in [0.25, 0.3) is 0 Å². The highest BCUT2D eigenvalue weighted by molar-refractivity contribution is 7.92. The normalized spacial score (nSPS) is 21.2. The lowest BCUT2D eigenvalue weighted by molar-refractivity contribution is 0.272. The highest BCUT2D eigenvalue weighted by atomic mass is 32.2. The van der Waals surface area contributed by atoms with Gasteiger partial charge in [0.2, 0.25) is 0 Å². The van der Waals surface area contributed by atoms with Crippen molar-refractivity contribution in [3.63, 3.8) is 0 Å². The number of hydrogen-bond acceptors (Lipinski definition) is 3. The minimum absolute atomic E-state index is 0.376. The number of unbranched alkanes of at least 4 members (excludes halogenated alkanes) is 1. The summed E-state index contributed by atoms with van der Waals surface area (Å²) in [6.45, 7) is 5.46. The number of hydrogen-bond donors (Lipinski definition) is 0. The van der Waals surface area contributed by atoms with Crippen LogP contribution in [-0.4, -0.2) is 33.0 Å². The second-order valence-electron chi connectivity index (χ2n) is 9.59. The average molecular weight is 394 g/mol. The predicted molar refractivity (Wildman–Crippen MR) is 117 cm³/mol. The van der Waals surface area contributed by atoms with E-state index in [0.29, 0.717) is 11.7 Å². The molecule has 1 aliphatic rings. The third-order valence-corrected chi connectivity index (χ3v) is 8.91. The Morgan fingerprint density at radius 3 is 2.00 bits per heavy atom. The Bertz CT molecular complexity index is 663. The van der Waals surface area contributed by atoms with Gasteiger partial charge in [-0.05, 0) is 76.0 Å². The van der Waals surface area contributed by atoms with E-state index < -0.39 is 14.6 Å². The summed E-state index contributed by atoms with van der Waals surface area (Å²) >= 11 is 0. The SMILES string of the molecule is CN(C)c1ccc(CCCCC2CCC(CS(=O)(=O)C(C)(C)C)CC2)cc1. The lowest BCUT2D eigenvalue weighted by atomic mass is 9.80.